The maximum Gasteiger partial charge on any atom is 0.180 e. The molecule has 1 unspecified atom stereocenters. The van der Waals surface area contributed by atoms with E-state index in [1.165, 1.54) is 12.1 Å². The number of aliphatic hydroxyl groups is 1. The van der Waals surface area contributed by atoms with E-state index in [-0.39, 0.29) is 35.5 Å². The average Bonchev–Trinajstić information content (AvgIpc) is 2.63. The molecule has 1 aliphatic rings. The van der Waals surface area contributed by atoms with Crippen molar-refractivity contribution in [3.63, 3.8) is 0 Å². The van der Waals surface area contributed by atoms with Crippen LogP contribution >= 0.6 is 0 Å². The summed E-state index contributed by atoms with van der Waals surface area (Å²) >= 11 is 0. The normalized spacial score (nSPS) is 20.6. The van der Waals surface area contributed by atoms with Crippen molar-refractivity contribution in [2.45, 2.75) is 12.5 Å². The highest BCUT2D eigenvalue weighted by atomic mass is 16.3. The fourth-order valence-corrected chi connectivity index (χ4v) is 2.00. The third-order valence-electron chi connectivity index (χ3n) is 2.90. The molecule has 0 spiro atoms. The van der Waals surface area contributed by atoms with Crippen LogP contribution in [0.2, 0.25) is 0 Å². The molecule has 0 bridgehead atoms. The van der Waals surface area contributed by atoms with Crippen LogP contribution in [-0.2, 0) is 0 Å². The quantitative estimate of drug-likeness (QED) is 0.661. The van der Waals surface area contributed by atoms with Gasteiger partial charge >= 0.3 is 0 Å². The number of aliphatic hydroxyl groups excluding tert-OH is 1. The van der Waals surface area contributed by atoms with Crippen LogP contribution in [0.15, 0.2) is 18.2 Å². The Hall–Kier alpha value is -1.59. The van der Waals surface area contributed by atoms with Gasteiger partial charge in [-0.15, -0.1) is 0 Å². The molecular formula is C12H15NO4. The van der Waals surface area contributed by atoms with Crippen LogP contribution in [0.5, 0.6) is 11.5 Å². The Morgan fingerprint density at radius 1 is 1.41 bits per heavy atom. The summed E-state index contributed by atoms with van der Waals surface area (Å²) in [6, 6.07) is 3.91. The van der Waals surface area contributed by atoms with Crippen molar-refractivity contribution in [1.82, 2.24) is 4.90 Å². The van der Waals surface area contributed by atoms with Gasteiger partial charge in [0.15, 0.2) is 5.78 Å². The fourth-order valence-electron chi connectivity index (χ4n) is 2.00. The molecule has 0 amide bonds. The van der Waals surface area contributed by atoms with Crippen molar-refractivity contribution < 1.29 is 20.1 Å². The summed E-state index contributed by atoms with van der Waals surface area (Å²) in [4.78, 5) is 13.7. The minimum atomic E-state index is -0.365. The largest absolute Gasteiger partial charge is 0.508 e. The molecule has 1 aromatic carbocycles. The molecular weight excluding hydrogens is 222 g/mol. The zero-order chi connectivity index (χ0) is 12.4. The van der Waals surface area contributed by atoms with E-state index in [2.05, 4.69) is 0 Å². The molecule has 0 aliphatic carbocycles. The van der Waals surface area contributed by atoms with Gasteiger partial charge < -0.3 is 15.3 Å². The summed E-state index contributed by atoms with van der Waals surface area (Å²) in [6.07, 6.45) is 0.311. The van der Waals surface area contributed by atoms with Crippen molar-refractivity contribution in [3.8, 4) is 11.5 Å². The lowest BCUT2D eigenvalue weighted by molar-refractivity contribution is 0.0932. The van der Waals surface area contributed by atoms with E-state index in [0.717, 1.165) is 6.07 Å². The van der Waals surface area contributed by atoms with Crippen LogP contribution in [0, 0.1) is 0 Å². The number of benzene rings is 1. The maximum absolute atomic E-state index is 11.9. The summed E-state index contributed by atoms with van der Waals surface area (Å²) in [5.74, 6) is -0.498. The number of hydrogen-bond acceptors (Lipinski definition) is 5. The van der Waals surface area contributed by atoms with E-state index in [0.29, 0.717) is 19.5 Å². The minimum Gasteiger partial charge on any atom is -0.508 e. The van der Waals surface area contributed by atoms with Crippen LogP contribution in [-0.4, -0.2) is 51.7 Å². The number of carbonyl (C=O) groups is 1. The first-order chi connectivity index (χ1) is 8.06. The molecule has 3 N–H and O–H groups in total. The number of Topliss-reactive ketones (excluding diaryl/α,β-unsaturated/α-hetero) is 1. The molecule has 0 saturated carbocycles. The highest BCUT2D eigenvalue weighted by Gasteiger charge is 2.23. The zero-order valence-corrected chi connectivity index (χ0v) is 9.33. The number of carbonyl (C=O) groups excluding carboxylic acids is 1. The SMILES string of the molecule is O=C(CN1CCC(O)C1)c1ccc(O)cc1O. The van der Waals surface area contributed by atoms with Crippen LogP contribution < -0.4 is 0 Å². The van der Waals surface area contributed by atoms with E-state index >= 15 is 0 Å². The van der Waals surface area contributed by atoms with Gasteiger partial charge in [-0.3, -0.25) is 9.69 Å². The third-order valence-corrected chi connectivity index (χ3v) is 2.90. The first kappa shape index (κ1) is 11.9. The number of rotatable bonds is 3. The van der Waals surface area contributed by atoms with E-state index < -0.39 is 0 Å². The first-order valence-corrected chi connectivity index (χ1v) is 5.52. The Labute approximate surface area is 98.9 Å². The topological polar surface area (TPSA) is 81.0 Å². The predicted molar refractivity (Wildman–Crippen MR) is 61.2 cm³/mol. The van der Waals surface area contributed by atoms with Crippen molar-refractivity contribution in [3.05, 3.63) is 23.8 Å². The molecule has 1 aliphatic heterocycles. The smallest absolute Gasteiger partial charge is 0.180 e. The van der Waals surface area contributed by atoms with E-state index in [1.54, 1.807) is 0 Å². The lowest BCUT2D eigenvalue weighted by atomic mass is 10.1. The number of aromatic hydroxyl groups is 2. The van der Waals surface area contributed by atoms with Crippen LogP contribution in [0.4, 0.5) is 0 Å². The Bertz CT molecular complexity index is 433. The van der Waals surface area contributed by atoms with Gasteiger partial charge in [-0.05, 0) is 18.6 Å². The molecule has 0 aromatic heterocycles. The highest BCUT2D eigenvalue weighted by Crippen LogP contribution is 2.23. The van der Waals surface area contributed by atoms with E-state index in [4.69, 9.17) is 5.11 Å². The number of hydrogen-bond donors (Lipinski definition) is 3. The number of nitrogens with zero attached hydrogens (tertiary/aromatic N) is 1. The Morgan fingerprint density at radius 3 is 2.76 bits per heavy atom. The maximum atomic E-state index is 11.9. The molecule has 0 radical (unpaired) electrons. The van der Waals surface area contributed by atoms with Crippen molar-refractivity contribution >= 4 is 5.78 Å². The van der Waals surface area contributed by atoms with Crippen LogP contribution in [0.3, 0.4) is 0 Å². The Kier molecular flexibility index (Phi) is 3.31. The summed E-state index contributed by atoms with van der Waals surface area (Å²) in [7, 11) is 0. The van der Waals surface area contributed by atoms with E-state index in [1.807, 2.05) is 4.90 Å². The number of phenolic OH excluding ortho intramolecular Hbond substituents is 2. The van der Waals surface area contributed by atoms with Gasteiger partial charge in [-0.1, -0.05) is 0 Å². The molecule has 1 heterocycles. The van der Waals surface area contributed by atoms with Crippen LogP contribution in [0.25, 0.3) is 0 Å². The number of β-amino-alcohol motifs (C(OH)–C–C–N with tert-alkyl or cyclic N) is 1. The predicted octanol–water partition coefficient (Wildman–Crippen LogP) is 0.347. The third kappa shape index (κ3) is 2.75. The first-order valence-electron chi connectivity index (χ1n) is 5.52. The Morgan fingerprint density at radius 2 is 2.18 bits per heavy atom. The average molecular weight is 237 g/mol. The summed E-state index contributed by atoms with van der Waals surface area (Å²) in [6.45, 7) is 1.35. The van der Waals surface area contributed by atoms with Crippen molar-refractivity contribution in [1.29, 1.82) is 0 Å². The van der Waals surface area contributed by atoms with Gasteiger partial charge in [-0.2, -0.15) is 0 Å². The molecule has 17 heavy (non-hydrogen) atoms. The van der Waals surface area contributed by atoms with Gasteiger partial charge in [0.1, 0.15) is 11.5 Å². The summed E-state index contributed by atoms with van der Waals surface area (Å²) < 4.78 is 0. The van der Waals surface area contributed by atoms with Crippen molar-refractivity contribution in [2.24, 2.45) is 0 Å². The van der Waals surface area contributed by atoms with Gasteiger partial charge in [-0.25, -0.2) is 0 Å². The second-order valence-electron chi connectivity index (χ2n) is 4.30. The molecule has 5 nitrogen and oxygen atoms in total. The standard InChI is InChI=1S/C12H15NO4/c14-8-1-2-10(11(16)5-8)12(17)7-13-4-3-9(15)6-13/h1-2,5,9,14-16H,3-4,6-7H2. The zero-order valence-electron chi connectivity index (χ0n) is 9.33. The highest BCUT2D eigenvalue weighted by molar-refractivity contribution is 6.00. The Balaban J connectivity index is 2.04. The molecule has 5 heteroatoms. The molecule has 1 saturated heterocycles. The van der Waals surface area contributed by atoms with Gasteiger partial charge in [0.05, 0.1) is 18.2 Å². The summed E-state index contributed by atoms with van der Waals surface area (Å²) in [5.41, 5.74) is 0.198. The van der Waals surface area contributed by atoms with Crippen molar-refractivity contribution in [2.75, 3.05) is 19.6 Å². The second-order valence-corrected chi connectivity index (χ2v) is 4.30. The number of likely N-dealkylation sites (tertiary alicyclic amines) is 1. The lowest BCUT2D eigenvalue weighted by Crippen LogP contribution is -2.28. The van der Waals surface area contributed by atoms with Gasteiger partial charge in [0.25, 0.3) is 0 Å². The van der Waals surface area contributed by atoms with Crippen LogP contribution in [0.1, 0.15) is 16.8 Å². The molecule has 2 rings (SSSR count). The number of phenols is 2. The lowest BCUT2D eigenvalue weighted by Gasteiger charge is -2.14. The monoisotopic (exact) mass is 237 g/mol. The molecule has 92 valence electrons. The van der Waals surface area contributed by atoms with Gasteiger partial charge in [0.2, 0.25) is 0 Å². The second kappa shape index (κ2) is 4.73. The van der Waals surface area contributed by atoms with E-state index in [9.17, 15) is 15.0 Å². The molecule has 1 fully saturated rings. The number of ketones is 1. The van der Waals surface area contributed by atoms with Gasteiger partial charge in [0, 0.05) is 19.2 Å². The molecule has 1 atom stereocenters. The summed E-state index contributed by atoms with van der Waals surface area (Å²) in [5, 5.41) is 28.0. The molecule has 1 aromatic rings. The fraction of sp³-hybridized carbons (Fsp3) is 0.417. The minimum absolute atomic E-state index is 0.0735.